The van der Waals surface area contributed by atoms with Gasteiger partial charge < -0.3 is 9.30 Å². The first-order valence-electron chi connectivity index (χ1n) is 8.10. The van der Waals surface area contributed by atoms with Crippen LogP contribution in [0.15, 0.2) is 34.7 Å². The van der Waals surface area contributed by atoms with Gasteiger partial charge in [-0.05, 0) is 31.4 Å². The summed E-state index contributed by atoms with van der Waals surface area (Å²) in [5, 5.41) is 1.92. The second-order valence-corrected chi connectivity index (χ2v) is 6.85. The van der Waals surface area contributed by atoms with Crippen LogP contribution in [0.5, 0.6) is 0 Å². The Bertz CT molecular complexity index is 662. The van der Waals surface area contributed by atoms with E-state index in [0.29, 0.717) is 6.10 Å². The van der Waals surface area contributed by atoms with Crippen molar-refractivity contribution >= 4 is 11.3 Å². The fraction of sp³-hybridized carbons (Fsp3) is 0.529. The zero-order valence-electron chi connectivity index (χ0n) is 13.5. The Balaban J connectivity index is 1.65. The zero-order chi connectivity index (χ0) is 16.1. The van der Waals surface area contributed by atoms with Gasteiger partial charge in [-0.3, -0.25) is 14.7 Å². The summed E-state index contributed by atoms with van der Waals surface area (Å²) in [7, 11) is 0. The van der Waals surface area contributed by atoms with Gasteiger partial charge in [-0.1, -0.05) is 17.4 Å². The highest BCUT2D eigenvalue weighted by Crippen LogP contribution is 2.15. The number of hydrogen-bond donors (Lipinski definition) is 0. The topological polar surface area (TPSA) is 47.4 Å². The molecule has 23 heavy (non-hydrogen) atoms. The fourth-order valence-electron chi connectivity index (χ4n) is 2.98. The molecule has 2 aromatic heterocycles. The van der Waals surface area contributed by atoms with Crippen molar-refractivity contribution in [2.45, 2.75) is 39.0 Å². The summed E-state index contributed by atoms with van der Waals surface area (Å²) in [6, 6.07) is 4.06. The largest absolute Gasteiger partial charge is 0.377 e. The fourth-order valence-corrected chi connectivity index (χ4v) is 3.74. The van der Waals surface area contributed by atoms with Gasteiger partial charge in [0, 0.05) is 56.3 Å². The van der Waals surface area contributed by atoms with E-state index in [9.17, 15) is 4.79 Å². The average molecular weight is 333 g/mol. The molecule has 0 aromatic carbocycles. The van der Waals surface area contributed by atoms with Crippen LogP contribution in [0.4, 0.5) is 0 Å². The van der Waals surface area contributed by atoms with Crippen molar-refractivity contribution < 1.29 is 4.74 Å². The van der Waals surface area contributed by atoms with Gasteiger partial charge in [-0.25, -0.2) is 0 Å². The van der Waals surface area contributed by atoms with E-state index in [0.717, 1.165) is 51.3 Å². The summed E-state index contributed by atoms with van der Waals surface area (Å²) in [4.78, 5) is 18.6. The molecule has 0 N–H and O–H groups in total. The summed E-state index contributed by atoms with van der Waals surface area (Å²) in [6.45, 7) is 6.17. The molecule has 1 fully saturated rings. The van der Waals surface area contributed by atoms with Gasteiger partial charge in [0.25, 0.3) is 0 Å². The minimum Gasteiger partial charge on any atom is -0.377 e. The predicted molar refractivity (Wildman–Crippen MR) is 91.8 cm³/mol. The van der Waals surface area contributed by atoms with Crippen molar-refractivity contribution in [2.24, 2.45) is 0 Å². The van der Waals surface area contributed by atoms with Crippen molar-refractivity contribution in [1.29, 1.82) is 0 Å². The van der Waals surface area contributed by atoms with Crippen LogP contribution in [0.3, 0.4) is 0 Å². The second kappa shape index (κ2) is 7.86. The third-order valence-corrected chi connectivity index (χ3v) is 5.11. The lowest BCUT2D eigenvalue weighted by Crippen LogP contribution is -2.35. The Morgan fingerprint density at radius 2 is 2.43 bits per heavy atom. The molecular weight excluding hydrogens is 310 g/mol. The number of thiazole rings is 1. The summed E-state index contributed by atoms with van der Waals surface area (Å²) < 4.78 is 7.64. The zero-order valence-corrected chi connectivity index (χ0v) is 14.3. The first kappa shape index (κ1) is 16.4. The number of nitrogens with zero attached hydrogens (tertiary/aromatic N) is 3. The van der Waals surface area contributed by atoms with Crippen molar-refractivity contribution in [3.05, 3.63) is 50.8 Å². The van der Waals surface area contributed by atoms with E-state index in [4.69, 9.17) is 4.74 Å². The molecule has 2 aromatic rings. The Hall–Kier alpha value is -1.50. The Morgan fingerprint density at radius 3 is 3.09 bits per heavy atom. The SMILES string of the molecule is Cc1csc(=O)n1CCN(Cc1cccnc1)C[C@H]1CCCO1. The van der Waals surface area contributed by atoms with Crippen molar-refractivity contribution in [2.75, 3.05) is 19.7 Å². The highest BCUT2D eigenvalue weighted by Gasteiger charge is 2.19. The first-order chi connectivity index (χ1) is 11.2. The number of aryl methyl sites for hydroxylation is 1. The van der Waals surface area contributed by atoms with Gasteiger partial charge in [0.15, 0.2) is 0 Å². The molecule has 0 aliphatic carbocycles. The molecule has 0 radical (unpaired) electrons. The maximum absolute atomic E-state index is 11.9. The summed E-state index contributed by atoms with van der Waals surface area (Å²) in [6.07, 6.45) is 6.29. The van der Waals surface area contributed by atoms with E-state index in [2.05, 4.69) is 16.0 Å². The van der Waals surface area contributed by atoms with Crippen molar-refractivity contribution in [3.63, 3.8) is 0 Å². The lowest BCUT2D eigenvalue weighted by Gasteiger charge is -2.25. The van der Waals surface area contributed by atoms with Gasteiger partial charge in [0.05, 0.1) is 6.10 Å². The molecule has 1 aliphatic rings. The maximum Gasteiger partial charge on any atom is 0.307 e. The molecule has 3 heterocycles. The van der Waals surface area contributed by atoms with Crippen LogP contribution in [-0.4, -0.2) is 40.3 Å². The van der Waals surface area contributed by atoms with Crippen LogP contribution >= 0.6 is 11.3 Å². The number of aromatic nitrogens is 2. The maximum atomic E-state index is 11.9. The van der Waals surface area contributed by atoms with Crippen LogP contribution in [0, 0.1) is 6.92 Å². The highest BCUT2D eigenvalue weighted by atomic mass is 32.1. The molecule has 0 spiro atoms. The molecule has 6 heteroatoms. The molecule has 3 rings (SSSR count). The van der Waals surface area contributed by atoms with Crippen LogP contribution in [-0.2, 0) is 17.8 Å². The highest BCUT2D eigenvalue weighted by molar-refractivity contribution is 7.07. The number of hydrogen-bond acceptors (Lipinski definition) is 5. The molecule has 0 unspecified atom stereocenters. The van der Waals surface area contributed by atoms with Crippen molar-refractivity contribution in [3.8, 4) is 0 Å². The predicted octanol–water partition coefficient (Wildman–Crippen LogP) is 2.29. The monoisotopic (exact) mass is 333 g/mol. The van der Waals surface area contributed by atoms with Gasteiger partial charge in [0.2, 0.25) is 0 Å². The van der Waals surface area contributed by atoms with Gasteiger partial charge in [0.1, 0.15) is 0 Å². The Kier molecular flexibility index (Phi) is 5.59. The van der Waals surface area contributed by atoms with E-state index in [1.54, 1.807) is 6.20 Å². The third kappa shape index (κ3) is 4.50. The molecule has 1 atom stereocenters. The number of rotatable bonds is 7. The summed E-state index contributed by atoms with van der Waals surface area (Å²) >= 11 is 1.27. The molecule has 1 saturated heterocycles. The van der Waals surface area contributed by atoms with Crippen LogP contribution in [0.1, 0.15) is 24.1 Å². The average Bonchev–Trinajstić information content (AvgIpc) is 3.17. The quantitative estimate of drug-likeness (QED) is 0.780. The van der Waals surface area contributed by atoms with E-state index in [1.807, 2.05) is 29.1 Å². The van der Waals surface area contributed by atoms with Crippen LogP contribution < -0.4 is 4.87 Å². The minimum atomic E-state index is 0.126. The second-order valence-electron chi connectivity index (χ2n) is 6.03. The van der Waals surface area contributed by atoms with E-state index < -0.39 is 0 Å². The molecule has 5 nitrogen and oxygen atoms in total. The smallest absolute Gasteiger partial charge is 0.307 e. The Morgan fingerprint density at radius 1 is 1.52 bits per heavy atom. The molecule has 0 saturated carbocycles. The number of ether oxygens (including phenoxy) is 1. The Labute approximate surface area is 140 Å². The van der Waals surface area contributed by atoms with Crippen LogP contribution in [0.2, 0.25) is 0 Å². The van der Waals surface area contributed by atoms with E-state index >= 15 is 0 Å². The molecule has 1 aliphatic heterocycles. The van der Waals surface area contributed by atoms with E-state index in [-0.39, 0.29) is 4.87 Å². The molecular formula is C17H23N3O2S. The minimum absolute atomic E-state index is 0.126. The number of pyridine rings is 1. The van der Waals surface area contributed by atoms with E-state index in [1.165, 1.54) is 16.9 Å². The van der Waals surface area contributed by atoms with Crippen molar-refractivity contribution in [1.82, 2.24) is 14.5 Å². The standard InChI is InChI=1S/C17H23N3O2S/c1-14-13-23-17(21)20(14)8-7-19(12-16-5-3-9-22-16)11-15-4-2-6-18-10-15/h2,4,6,10,13,16H,3,5,7-9,11-12H2,1H3/t16-/m1/s1. The lowest BCUT2D eigenvalue weighted by molar-refractivity contribution is 0.0692. The molecule has 0 amide bonds. The van der Waals surface area contributed by atoms with Gasteiger partial charge >= 0.3 is 4.87 Å². The first-order valence-corrected chi connectivity index (χ1v) is 8.98. The molecule has 124 valence electrons. The van der Waals surface area contributed by atoms with Gasteiger partial charge in [-0.2, -0.15) is 0 Å². The van der Waals surface area contributed by atoms with Gasteiger partial charge in [-0.15, -0.1) is 0 Å². The molecule has 0 bridgehead atoms. The summed E-state index contributed by atoms with van der Waals surface area (Å²) in [5.41, 5.74) is 2.23. The third-order valence-electron chi connectivity index (χ3n) is 4.23. The lowest BCUT2D eigenvalue weighted by atomic mass is 10.2. The summed E-state index contributed by atoms with van der Waals surface area (Å²) in [5.74, 6) is 0. The van der Waals surface area contributed by atoms with Crippen LogP contribution in [0.25, 0.3) is 0 Å². The normalized spacial score (nSPS) is 17.9.